The van der Waals surface area contributed by atoms with Crippen molar-refractivity contribution < 1.29 is 4.74 Å². The molecule has 0 aromatic carbocycles. The lowest BCUT2D eigenvalue weighted by atomic mass is 10.0. The summed E-state index contributed by atoms with van der Waals surface area (Å²) in [5.41, 5.74) is 0. The summed E-state index contributed by atoms with van der Waals surface area (Å²) >= 11 is 0. The fourth-order valence-corrected chi connectivity index (χ4v) is 2.76. The van der Waals surface area contributed by atoms with E-state index < -0.39 is 0 Å². The standard InChI is InChI=1S/C16H35N3O/c1-5-19-11-7-16(8-12-19)18(4)13-10-17-9-6-14-20-15(2)3/h15-17H,5-14H2,1-4H3. The van der Waals surface area contributed by atoms with Gasteiger partial charge in [-0.1, -0.05) is 6.92 Å². The van der Waals surface area contributed by atoms with Gasteiger partial charge in [0.15, 0.2) is 0 Å². The van der Waals surface area contributed by atoms with Gasteiger partial charge in [-0.2, -0.15) is 0 Å². The minimum Gasteiger partial charge on any atom is -0.379 e. The molecule has 0 aliphatic carbocycles. The van der Waals surface area contributed by atoms with E-state index >= 15 is 0 Å². The van der Waals surface area contributed by atoms with E-state index in [1.54, 1.807) is 0 Å². The monoisotopic (exact) mass is 285 g/mol. The molecule has 0 radical (unpaired) electrons. The van der Waals surface area contributed by atoms with Gasteiger partial charge in [-0.25, -0.2) is 0 Å². The van der Waals surface area contributed by atoms with Crippen LogP contribution in [0.5, 0.6) is 0 Å². The molecule has 1 rings (SSSR count). The van der Waals surface area contributed by atoms with E-state index in [0.29, 0.717) is 6.10 Å². The highest BCUT2D eigenvalue weighted by Crippen LogP contribution is 2.14. The first kappa shape index (κ1) is 17.9. The van der Waals surface area contributed by atoms with Crippen molar-refractivity contribution in [1.82, 2.24) is 15.1 Å². The molecule has 0 unspecified atom stereocenters. The fourth-order valence-electron chi connectivity index (χ4n) is 2.76. The highest BCUT2D eigenvalue weighted by atomic mass is 16.5. The third-order valence-corrected chi connectivity index (χ3v) is 4.22. The number of likely N-dealkylation sites (tertiary alicyclic amines) is 1. The number of likely N-dealkylation sites (N-methyl/N-ethyl adjacent to an activating group) is 1. The molecule has 20 heavy (non-hydrogen) atoms. The number of nitrogens with one attached hydrogen (secondary N) is 1. The molecule has 0 atom stereocenters. The van der Waals surface area contributed by atoms with Gasteiger partial charge in [0.25, 0.3) is 0 Å². The first-order chi connectivity index (χ1) is 9.63. The minimum absolute atomic E-state index is 0.357. The average molecular weight is 285 g/mol. The molecule has 0 saturated carbocycles. The largest absolute Gasteiger partial charge is 0.379 e. The first-order valence-corrected chi connectivity index (χ1v) is 8.38. The third-order valence-electron chi connectivity index (χ3n) is 4.22. The van der Waals surface area contributed by atoms with Crippen LogP contribution in [0.3, 0.4) is 0 Å². The third kappa shape index (κ3) is 7.58. The van der Waals surface area contributed by atoms with Crippen LogP contribution < -0.4 is 5.32 Å². The highest BCUT2D eigenvalue weighted by molar-refractivity contribution is 4.78. The van der Waals surface area contributed by atoms with Crippen molar-refractivity contribution in [3.8, 4) is 0 Å². The second-order valence-electron chi connectivity index (χ2n) is 6.17. The van der Waals surface area contributed by atoms with Crippen LogP contribution in [0.2, 0.25) is 0 Å². The zero-order chi connectivity index (χ0) is 14.8. The maximum absolute atomic E-state index is 5.53. The predicted molar refractivity (Wildman–Crippen MR) is 86.3 cm³/mol. The van der Waals surface area contributed by atoms with Crippen LogP contribution in [0.15, 0.2) is 0 Å². The van der Waals surface area contributed by atoms with Crippen LogP contribution >= 0.6 is 0 Å². The van der Waals surface area contributed by atoms with Gasteiger partial charge < -0.3 is 19.9 Å². The summed E-state index contributed by atoms with van der Waals surface area (Å²) < 4.78 is 5.53. The van der Waals surface area contributed by atoms with Crippen molar-refractivity contribution in [3.63, 3.8) is 0 Å². The number of nitrogens with zero attached hydrogens (tertiary/aromatic N) is 2. The van der Waals surface area contributed by atoms with E-state index in [1.165, 1.54) is 32.5 Å². The smallest absolute Gasteiger partial charge is 0.0518 e. The minimum atomic E-state index is 0.357. The molecule has 120 valence electrons. The van der Waals surface area contributed by atoms with Gasteiger partial charge in [-0.05, 0) is 66.3 Å². The molecule has 1 heterocycles. The van der Waals surface area contributed by atoms with E-state index in [9.17, 15) is 0 Å². The van der Waals surface area contributed by atoms with Crippen LogP contribution in [0.1, 0.15) is 40.0 Å². The van der Waals surface area contributed by atoms with Crippen LogP contribution in [0.25, 0.3) is 0 Å². The summed E-state index contributed by atoms with van der Waals surface area (Å²) in [5.74, 6) is 0. The zero-order valence-electron chi connectivity index (χ0n) is 14.0. The summed E-state index contributed by atoms with van der Waals surface area (Å²) in [6.45, 7) is 14.4. The van der Waals surface area contributed by atoms with Crippen molar-refractivity contribution >= 4 is 0 Å². The Bertz CT molecular complexity index is 228. The van der Waals surface area contributed by atoms with Crippen LogP contribution in [0, 0.1) is 0 Å². The van der Waals surface area contributed by atoms with Crippen molar-refractivity contribution in [2.24, 2.45) is 0 Å². The van der Waals surface area contributed by atoms with Gasteiger partial charge >= 0.3 is 0 Å². The molecule has 0 aromatic rings. The first-order valence-electron chi connectivity index (χ1n) is 8.38. The number of piperidine rings is 1. The predicted octanol–water partition coefficient (Wildman–Crippen LogP) is 1.81. The molecule has 1 aliphatic rings. The number of hydrogen-bond donors (Lipinski definition) is 1. The summed E-state index contributed by atoms with van der Waals surface area (Å²) in [5, 5.41) is 3.52. The van der Waals surface area contributed by atoms with Crippen molar-refractivity contribution in [1.29, 1.82) is 0 Å². The molecular weight excluding hydrogens is 250 g/mol. The normalized spacial score (nSPS) is 18.3. The highest BCUT2D eigenvalue weighted by Gasteiger charge is 2.20. The summed E-state index contributed by atoms with van der Waals surface area (Å²) in [6.07, 6.45) is 4.12. The fraction of sp³-hybridized carbons (Fsp3) is 1.00. The summed E-state index contributed by atoms with van der Waals surface area (Å²) in [7, 11) is 2.27. The lowest BCUT2D eigenvalue weighted by Crippen LogP contribution is -2.45. The molecule has 0 amide bonds. The van der Waals surface area contributed by atoms with E-state index in [-0.39, 0.29) is 0 Å². The SMILES string of the molecule is CCN1CCC(N(C)CCNCCCOC(C)C)CC1. The molecule has 4 heteroatoms. The number of rotatable bonds is 10. The van der Waals surface area contributed by atoms with Crippen LogP contribution in [0.4, 0.5) is 0 Å². The Hall–Kier alpha value is -0.160. The summed E-state index contributed by atoms with van der Waals surface area (Å²) in [6, 6.07) is 0.781. The van der Waals surface area contributed by atoms with Crippen molar-refractivity contribution in [2.45, 2.75) is 52.2 Å². The molecule has 1 saturated heterocycles. The molecule has 1 N–H and O–H groups in total. The maximum Gasteiger partial charge on any atom is 0.0518 e. The van der Waals surface area contributed by atoms with Gasteiger partial charge in [0, 0.05) is 25.7 Å². The molecule has 4 nitrogen and oxygen atoms in total. The average Bonchev–Trinajstić information content (AvgIpc) is 2.45. The van der Waals surface area contributed by atoms with Gasteiger partial charge in [0.1, 0.15) is 0 Å². The lowest BCUT2D eigenvalue weighted by Gasteiger charge is -2.36. The van der Waals surface area contributed by atoms with Gasteiger partial charge in [-0.15, -0.1) is 0 Å². The lowest BCUT2D eigenvalue weighted by molar-refractivity contribution is 0.0768. The maximum atomic E-state index is 5.53. The summed E-state index contributed by atoms with van der Waals surface area (Å²) in [4.78, 5) is 5.09. The molecular formula is C16H35N3O. The zero-order valence-corrected chi connectivity index (χ0v) is 14.0. The van der Waals surface area contributed by atoms with Gasteiger partial charge in [0.05, 0.1) is 6.10 Å². The molecule has 0 aromatic heterocycles. The van der Waals surface area contributed by atoms with Gasteiger partial charge in [-0.3, -0.25) is 0 Å². The molecule has 0 bridgehead atoms. The molecule has 0 spiro atoms. The Morgan fingerprint density at radius 2 is 1.95 bits per heavy atom. The number of hydrogen-bond acceptors (Lipinski definition) is 4. The van der Waals surface area contributed by atoms with E-state index in [0.717, 1.165) is 38.7 Å². The van der Waals surface area contributed by atoms with Crippen LogP contribution in [-0.4, -0.2) is 74.9 Å². The Kier molecular flexibility index (Phi) is 9.44. The Labute approximate surface area is 125 Å². The quantitative estimate of drug-likeness (QED) is 0.620. The second kappa shape index (κ2) is 10.6. The van der Waals surface area contributed by atoms with Crippen LogP contribution in [-0.2, 0) is 4.74 Å². The topological polar surface area (TPSA) is 27.7 Å². The van der Waals surface area contributed by atoms with Gasteiger partial charge in [0.2, 0.25) is 0 Å². The van der Waals surface area contributed by atoms with Crippen molar-refractivity contribution in [2.75, 3.05) is 52.9 Å². The van der Waals surface area contributed by atoms with E-state index in [4.69, 9.17) is 4.74 Å². The number of ether oxygens (including phenoxy) is 1. The van der Waals surface area contributed by atoms with Crippen molar-refractivity contribution in [3.05, 3.63) is 0 Å². The second-order valence-corrected chi connectivity index (χ2v) is 6.17. The Morgan fingerprint density at radius 1 is 1.25 bits per heavy atom. The molecule has 1 fully saturated rings. The van der Waals surface area contributed by atoms with E-state index in [1.807, 2.05) is 0 Å². The Morgan fingerprint density at radius 3 is 2.55 bits per heavy atom. The molecule has 1 aliphatic heterocycles. The Balaban J connectivity index is 1.96. The van der Waals surface area contributed by atoms with E-state index in [2.05, 4.69) is 42.9 Å².